The van der Waals surface area contributed by atoms with Crippen LogP contribution in [-0.4, -0.2) is 13.4 Å². The van der Waals surface area contributed by atoms with Gasteiger partial charge >= 0.3 is 0 Å². The number of aromatic nitrogens is 1. The number of alkyl halides is 2. The SMILES string of the molecule is O=S(=O)(Cl)c1c(Br)cnc(F)c1C(F)F. The van der Waals surface area contributed by atoms with Gasteiger partial charge in [-0.15, -0.1) is 0 Å². The molecule has 0 N–H and O–H groups in total. The van der Waals surface area contributed by atoms with Crippen LogP contribution in [0.3, 0.4) is 0 Å². The lowest BCUT2D eigenvalue weighted by Crippen LogP contribution is -2.05. The van der Waals surface area contributed by atoms with Gasteiger partial charge in [-0.3, -0.25) is 0 Å². The molecular weight excluding hydrogens is 322 g/mol. The summed E-state index contributed by atoms with van der Waals surface area (Å²) in [5.74, 6) is -1.56. The van der Waals surface area contributed by atoms with Crippen molar-refractivity contribution in [2.24, 2.45) is 0 Å². The molecular formula is C6H2BrClF3NO2S. The fourth-order valence-corrected chi connectivity index (χ4v) is 3.36. The highest BCUT2D eigenvalue weighted by molar-refractivity contribution is 9.10. The summed E-state index contributed by atoms with van der Waals surface area (Å²) < 4.78 is 59.2. The first-order valence-corrected chi connectivity index (χ1v) is 6.42. The zero-order valence-electron chi connectivity index (χ0n) is 6.72. The molecule has 0 aliphatic carbocycles. The lowest BCUT2D eigenvalue weighted by Gasteiger charge is -2.07. The average molecular weight is 325 g/mol. The van der Waals surface area contributed by atoms with Gasteiger partial charge in [0.25, 0.3) is 15.5 Å². The standard InChI is InChI=1S/C6H2BrClF3NO2S/c7-2-1-12-6(11)3(5(9)10)4(2)15(8,13)14/h1,5H. The van der Waals surface area contributed by atoms with Gasteiger partial charge in [0, 0.05) is 16.9 Å². The monoisotopic (exact) mass is 323 g/mol. The van der Waals surface area contributed by atoms with Gasteiger partial charge in [-0.05, 0) is 15.9 Å². The molecule has 0 aliphatic rings. The van der Waals surface area contributed by atoms with Gasteiger partial charge in [0.2, 0.25) is 5.95 Å². The second-order valence-electron chi connectivity index (χ2n) is 2.38. The summed E-state index contributed by atoms with van der Waals surface area (Å²) in [5.41, 5.74) is -1.33. The molecule has 0 aromatic carbocycles. The van der Waals surface area contributed by atoms with Gasteiger partial charge < -0.3 is 0 Å². The van der Waals surface area contributed by atoms with E-state index in [1.165, 1.54) is 0 Å². The molecule has 84 valence electrons. The maximum Gasteiger partial charge on any atom is 0.269 e. The van der Waals surface area contributed by atoms with E-state index in [1.54, 1.807) is 0 Å². The van der Waals surface area contributed by atoms with Crippen LogP contribution in [0.1, 0.15) is 12.0 Å². The summed E-state index contributed by atoms with van der Waals surface area (Å²) in [6.07, 6.45) is -2.57. The minimum atomic E-state index is -4.47. The molecule has 0 atom stereocenters. The van der Waals surface area contributed by atoms with Gasteiger partial charge in [-0.25, -0.2) is 22.2 Å². The highest BCUT2D eigenvalue weighted by atomic mass is 79.9. The Bertz CT molecular complexity index is 493. The Morgan fingerprint density at radius 3 is 2.33 bits per heavy atom. The summed E-state index contributed by atoms with van der Waals surface area (Å²) >= 11 is 2.66. The zero-order valence-corrected chi connectivity index (χ0v) is 9.87. The van der Waals surface area contributed by atoms with Gasteiger partial charge in [0.1, 0.15) is 4.90 Å². The van der Waals surface area contributed by atoms with Crippen molar-refractivity contribution in [3.8, 4) is 0 Å². The Labute approximate surface area is 95.8 Å². The molecule has 0 saturated heterocycles. The fraction of sp³-hybridized carbons (Fsp3) is 0.167. The van der Waals surface area contributed by atoms with Crippen molar-refractivity contribution in [2.75, 3.05) is 0 Å². The predicted octanol–water partition coefficient (Wildman–Crippen LogP) is 2.85. The Morgan fingerprint density at radius 1 is 1.47 bits per heavy atom. The van der Waals surface area contributed by atoms with E-state index in [4.69, 9.17) is 10.7 Å². The first kappa shape index (κ1) is 12.7. The normalized spacial score (nSPS) is 12.1. The highest BCUT2D eigenvalue weighted by Crippen LogP contribution is 2.34. The molecule has 0 amide bonds. The maximum absolute atomic E-state index is 12.9. The minimum Gasteiger partial charge on any atom is -0.227 e. The van der Waals surface area contributed by atoms with Crippen molar-refractivity contribution in [3.05, 3.63) is 22.2 Å². The third kappa shape index (κ3) is 2.61. The Balaban J connectivity index is 3.68. The van der Waals surface area contributed by atoms with Crippen molar-refractivity contribution < 1.29 is 21.6 Å². The summed E-state index contributed by atoms with van der Waals surface area (Å²) in [4.78, 5) is 1.96. The van der Waals surface area contributed by atoms with E-state index in [1.807, 2.05) is 0 Å². The number of pyridine rings is 1. The van der Waals surface area contributed by atoms with Gasteiger partial charge in [-0.1, -0.05) is 0 Å². The first-order chi connectivity index (χ1) is 6.75. The predicted molar refractivity (Wildman–Crippen MR) is 49.9 cm³/mol. The van der Waals surface area contributed by atoms with Crippen molar-refractivity contribution in [1.29, 1.82) is 0 Å². The van der Waals surface area contributed by atoms with E-state index >= 15 is 0 Å². The molecule has 1 heterocycles. The topological polar surface area (TPSA) is 47.0 Å². The van der Waals surface area contributed by atoms with Gasteiger partial charge in [-0.2, -0.15) is 4.39 Å². The minimum absolute atomic E-state index is 0.311. The summed E-state index contributed by atoms with van der Waals surface area (Å²) in [6, 6.07) is 0. The van der Waals surface area contributed by atoms with E-state index in [-0.39, 0.29) is 4.47 Å². The molecule has 3 nitrogen and oxygen atoms in total. The summed E-state index contributed by atoms with van der Waals surface area (Å²) in [6.45, 7) is 0. The number of hydrogen-bond donors (Lipinski definition) is 0. The molecule has 0 bridgehead atoms. The van der Waals surface area contributed by atoms with E-state index in [0.717, 1.165) is 6.20 Å². The van der Waals surface area contributed by atoms with Crippen molar-refractivity contribution in [1.82, 2.24) is 4.98 Å². The average Bonchev–Trinajstić information content (AvgIpc) is 2.05. The van der Waals surface area contributed by atoms with Crippen molar-refractivity contribution >= 4 is 35.7 Å². The molecule has 9 heteroatoms. The Hall–Kier alpha value is -0.340. The molecule has 1 aromatic rings. The van der Waals surface area contributed by atoms with Crippen LogP contribution in [-0.2, 0) is 9.05 Å². The maximum atomic E-state index is 12.9. The first-order valence-electron chi connectivity index (χ1n) is 3.32. The van der Waals surface area contributed by atoms with Crippen molar-refractivity contribution in [2.45, 2.75) is 11.3 Å². The van der Waals surface area contributed by atoms with Crippen LogP contribution < -0.4 is 0 Å². The Morgan fingerprint density at radius 2 is 2.00 bits per heavy atom. The van der Waals surface area contributed by atoms with Crippen LogP contribution in [0.5, 0.6) is 0 Å². The molecule has 0 spiro atoms. The molecule has 15 heavy (non-hydrogen) atoms. The van der Waals surface area contributed by atoms with Crippen LogP contribution in [0.15, 0.2) is 15.6 Å². The second kappa shape index (κ2) is 4.26. The van der Waals surface area contributed by atoms with E-state index in [2.05, 4.69) is 20.9 Å². The lowest BCUT2D eigenvalue weighted by atomic mass is 10.3. The molecule has 0 radical (unpaired) electrons. The number of hydrogen-bond acceptors (Lipinski definition) is 3. The highest BCUT2D eigenvalue weighted by Gasteiger charge is 2.29. The molecule has 1 rings (SSSR count). The number of halogens is 5. The van der Waals surface area contributed by atoms with Crippen LogP contribution in [0.4, 0.5) is 13.2 Å². The third-order valence-electron chi connectivity index (χ3n) is 1.44. The van der Waals surface area contributed by atoms with E-state index < -0.39 is 31.9 Å². The molecule has 0 saturated carbocycles. The second-order valence-corrected chi connectivity index (χ2v) is 5.74. The van der Waals surface area contributed by atoms with Crippen LogP contribution in [0.2, 0.25) is 0 Å². The van der Waals surface area contributed by atoms with Gasteiger partial charge in [0.15, 0.2) is 0 Å². The van der Waals surface area contributed by atoms with E-state index in [9.17, 15) is 21.6 Å². The Kier molecular flexibility index (Phi) is 3.62. The van der Waals surface area contributed by atoms with Crippen LogP contribution in [0.25, 0.3) is 0 Å². The molecule has 1 aromatic heterocycles. The van der Waals surface area contributed by atoms with Crippen LogP contribution >= 0.6 is 26.6 Å². The number of nitrogens with zero attached hydrogens (tertiary/aromatic N) is 1. The zero-order chi connectivity index (χ0) is 11.8. The summed E-state index contributed by atoms with van der Waals surface area (Å²) in [5, 5.41) is 0. The number of rotatable bonds is 2. The molecule has 0 aliphatic heterocycles. The quantitative estimate of drug-likeness (QED) is 0.621. The van der Waals surface area contributed by atoms with Gasteiger partial charge in [0.05, 0.1) is 10.0 Å². The van der Waals surface area contributed by atoms with Crippen molar-refractivity contribution in [3.63, 3.8) is 0 Å². The lowest BCUT2D eigenvalue weighted by molar-refractivity contribution is 0.141. The smallest absolute Gasteiger partial charge is 0.227 e. The summed E-state index contributed by atoms with van der Waals surface area (Å²) in [7, 11) is 0.433. The fourth-order valence-electron chi connectivity index (χ4n) is 0.901. The van der Waals surface area contributed by atoms with Crippen LogP contribution in [0, 0.1) is 5.95 Å². The molecule has 0 fully saturated rings. The molecule has 0 unspecified atom stereocenters. The largest absolute Gasteiger partial charge is 0.269 e. The van der Waals surface area contributed by atoms with E-state index in [0.29, 0.717) is 0 Å². The third-order valence-corrected chi connectivity index (χ3v) is 3.69.